The van der Waals surface area contributed by atoms with Gasteiger partial charge in [-0.2, -0.15) is 0 Å². The van der Waals surface area contributed by atoms with Crippen molar-refractivity contribution in [2.45, 2.75) is 36.9 Å². The van der Waals surface area contributed by atoms with Gasteiger partial charge < -0.3 is 10.5 Å². The van der Waals surface area contributed by atoms with E-state index in [1.54, 1.807) is 0 Å². The minimum atomic E-state index is 0.390. The molecule has 1 aromatic rings. The Kier molecular flexibility index (Phi) is 3.77. The Morgan fingerprint density at radius 3 is 2.62 bits per heavy atom. The van der Waals surface area contributed by atoms with Crippen molar-refractivity contribution in [2.24, 2.45) is 0 Å². The van der Waals surface area contributed by atoms with Crippen LogP contribution in [0.25, 0.3) is 0 Å². The molecule has 0 bridgehead atoms. The van der Waals surface area contributed by atoms with Crippen molar-refractivity contribution in [3.63, 3.8) is 0 Å². The van der Waals surface area contributed by atoms with Gasteiger partial charge in [-0.1, -0.05) is 12.1 Å². The SMILES string of the molecule is CC(SC1CCOC1C)c1ccc(N)cc1. The second kappa shape index (κ2) is 5.11. The zero-order valence-electron chi connectivity index (χ0n) is 9.85. The van der Waals surface area contributed by atoms with Gasteiger partial charge in [-0.15, -0.1) is 11.8 Å². The minimum absolute atomic E-state index is 0.390. The van der Waals surface area contributed by atoms with Crippen molar-refractivity contribution < 1.29 is 4.74 Å². The summed E-state index contributed by atoms with van der Waals surface area (Å²) >= 11 is 2.01. The van der Waals surface area contributed by atoms with Gasteiger partial charge in [0, 0.05) is 22.8 Å². The Morgan fingerprint density at radius 2 is 2.06 bits per heavy atom. The van der Waals surface area contributed by atoms with Crippen LogP contribution in [0, 0.1) is 0 Å². The standard InChI is InChI=1S/C13H19NOS/c1-9-13(7-8-15-9)16-10(2)11-3-5-12(14)6-4-11/h3-6,9-10,13H,7-8,14H2,1-2H3. The van der Waals surface area contributed by atoms with Gasteiger partial charge in [0.25, 0.3) is 0 Å². The summed E-state index contributed by atoms with van der Waals surface area (Å²) in [6, 6.07) is 8.18. The molecule has 0 aromatic heterocycles. The molecule has 1 saturated heterocycles. The number of ether oxygens (including phenoxy) is 1. The van der Waals surface area contributed by atoms with Crippen molar-refractivity contribution in [1.29, 1.82) is 0 Å². The summed E-state index contributed by atoms with van der Waals surface area (Å²) in [5.74, 6) is 0. The van der Waals surface area contributed by atoms with Gasteiger partial charge in [0.05, 0.1) is 6.10 Å². The van der Waals surface area contributed by atoms with Crippen LogP contribution >= 0.6 is 11.8 Å². The van der Waals surface area contributed by atoms with Crippen LogP contribution in [0.1, 0.15) is 31.1 Å². The number of hydrogen-bond donors (Lipinski definition) is 1. The highest BCUT2D eigenvalue weighted by Crippen LogP contribution is 2.37. The molecule has 2 nitrogen and oxygen atoms in total. The van der Waals surface area contributed by atoms with E-state index in [1.165, 1.54) is 12.0 Å². The number of nitrogens with two attached hydrogens (primary N) is 1. The van der Waals surface area contributed by atoms with Crippen LogP contribution in [0.15, 0.2) is 24.3 Å². The summed E-state index contributed by atoms with van der Waals surface area (Å²) in [7, 11) is 0. The van der Waals surface area contributed by atoms with Crippen LogP contribution in [-0.2, 0) is 4.74 Å². The molecule has 1 fully saturated rings. The fraction of sp³-hybridized carbons (Fsp3) is 0.538. The van der Waals surface area contributed by atoms with Gasteiger partial charge in [-0.05, 0) is 38.0 Å². The molecule has 3 unspecified atom stereocenters. The number of anilines is 1. The van der Waals surface area contributed by atoms with Crippen molar-refractivity contribution >= 4 is 17.4 Å². The molecule has 0 aliphatic carbocycles. The van der Waals surface area contributed by atoms with E-state index in [0.717, 1.165) is 12.3 Å². The molecule has 1 aromatic carbocycles. The molecular weight excluding hydrogens is 218 g/mol. The lowest BCUT2D eigenvalue weighted by atomic mass is 10.1. The Balaban J connectivity index is 1.97. The number of thioether (sulfide) groups is 1. The molecule has 16 heavy (non-hydrogen) atoms. The molecule has 3 atom stereocenters. The highest BCUT2D eigenvalue weighted by Gasteiger charge is 2.26. The van der Waals surface area contributed by atoms with E-state index in [1.807, 2.05) is 23.9 Å². The predicted molar refractivity (Wildman–Crippen MR) is 70.7 cm³/mol. The largest absolute Gasteiger partial charge is 0.399 e. The Labute approximate surface area is 102 Å². The second-order valence-corrected chi connectivity index (χ2v) is 5.93. The van der Waals surface area contributed by atoms with Gasteiger partial charge in [0.15, 0.2) is 0 Å². The van der Waals surface area contributed by atoms with Gasteiger partial charge in [-0.3, -0.25) is 0 Å². The van der Waals surface area contributed by atoms with Crippen LogP contribution in [0.5, 0.6) is 0 Å². The first-order valence-corrected chi connectivity index (χ1v) is 6.73. The van der Waals surface area contributed by atoms with E-state index in [4.69, 9.17) is 10.5 Å². The normalized spacial score (nSPS) is 26.9. The lowest BCUT2D eigenvalue weighted by molar-refractivity contribution is 0.127. The van der Waals surface area contributed by atoms with Crippen LogP contribution in [-0.4, -0.2) is 18.0 Å². The van der Waals surface area contributed by atoms with Gasteiger partial charge >= 0.3 is 0 Å². The molecule has 2 N–H and O–H groups in total. The summed E-state index contributed by atoms with van der Waals surface area (Å²) in [5.41, 5.74) is 7.86. The zero-order chi connectivity index (χ0) is 11.5. The van der Waals surface area contributed by atoms with Crippen LogP contribution in [0.2, 0.25) is 0 Å². The Bertz CT molecular complexity index is 338. The van der Waals surface area contributed by atoms with Crippen molar-refractivity contribution in [1.82, 2.24) is 0 Å². The monoisotopic (exact) mass is 237 g/mol. The van der Waals surface area contributed by atoms with E-state index < -0.39 is 0 Å². The van der Waals surface area contributed by atoms with Crippen molar-refractivity contribution in [3.05, 3.63) is 29.8 Å². The maximum absolute atomic E-state index is 5.69. The minimum Gasteiger partial charge on any atom is -0.399 e. The average Bonchev–Trinajstić information content (AvgIpc) is 2.65. The van der Waals surface area contributed by atoms with Crippen LogP contribution < -0.4 is 5.73 Å². The first-order valence-electron chi connectivity index (χ1n) is 5.79. The molecule has 1 aliphatic rings. The lowest BCUT2D eigenvalue weighted by Gasteiger charge is -2.19. The van der Waals surface area contributed by atoms with Crippen LogP contribution in [0.3, 0.4) is 0 Å². The van der Waals surface area contributed by atoms with Gasteiger partial charge in [0.2, 0.25) is 0 Å². The molecule has 0 spiro atoms. The Morgan fingerprint density at radius 1 is 1.38 bits per heavy atom. The number of rotatable bonds is 3. The first kappa shape index (κ1) is 11.8. The fourth-order valence-electron chi connectivity index (χ4n) is 2.00. The fourth-order valence-corrected chi connectivity index (χ4v) is 3.37. The number of hydrogen-bond acceptors (Lipinski definition) is 3. The summed E-state index contributed by atoms with van der Waals surface area (Å²) < 4.78 is 5.58. The molecular formula is C13H19NOS. The molecule has 0 amide bonds. The molecule has 0 radical (unpaired) electrons. The average molecular weight is 237 g/mol. The maximum atomic E-state index is 5.69. The van der Waals surface area contributed by atoms with E-state index in [0.29, 0.717) is 16.6 Å². The lowest BCUT2D eigenvalue weighted by Crippen LogP contribution is -2.14. The van der Waals surface area contributed by atoms with Gasteiger partial charge in [-0.25, -0.2) is 0 Å². The molecule has 3 heteroatoms. The molecule has 1 heterocycles. The topological polar surface area (TPSA) is 35.2 Å². The maximum Gasteiger partial charge on any atom is 0.0666 e. The Hall–Kier alpha value is -0.670. The number of benzene rings is 1. The van der Waals surface area contributed by atoms with E-state index >= 15 is 0 Å². The van der Waals surface area contributed by atoms with Crippen molar-refractivity contribution in [2.75, 3.05) is 12.3 Å². The van der Waals surface area contributed by atoms with E-state index in [2.05, 4.69) is 26.0 Å². The van der Waals surface area contributed by atoms with E-state index in [-0.39, 0.29) is 0 Å². The highest BCUT2D eigenvalue weighted by atomic mass is 32.2. The smallest absolute Gasteiger partial charge is 0.0666 e. The molecule has 0 saturated carbocycles. The summed E-state index contributed by atoms with van der Waals surface area (Å²) in [6.07, 6.45) is 1.56. The predicted octanol–water partition coefficient (Wildman–Crippen LogP) is 3.24. The first-order chi connectivity index (χ1) is 7.66. The van der Waals surface area contributed by atoms with Crippen LogP contribution in [0.4, 0.5) is 5.69 Å². The van der Waals surface area contributed by atoms with Gasteiger partial charge in [0.1, 0.15) is 0 Å². The molecule has 1 aliphatic heterocycles. The van der Waals surface area contributed by atoms with Crippen molar-refractivity contribution in [3.8, 4) is 0 Å². The summed E-state index contributed by atoms with van der Waals surface area (Å²) in [4.78, 5) is 0. The zero-order valence-corrected chi connectivity index (χ0v) is 10.7. The second-order valence-electron chi connectivity index (χ2n) is 4.35. The summed E-state index contributed by atoms with van der Waals surface area (Å²) in [5, 5.41) is 1.14. The summed E-state index contributed by atoms with van der Waals surface area (Å²) in [6.45, 7) is 5.33. The quantitative estimate of drug-likeness (QED) is 0.820. The number of nitrogen functional groups attached to an aromatic ring is 1. The molecule has 2 rings (SSSR count). The third kappa shape index (κ3) is 2.71. The highest BCUT2D eigenvalue weighted by molar-refractivity contribution is 8.00. The third-order valence-corrected chi connectivity index (χ3v) is 4.74. The molecule has 88 valence electrons. The van der Waals surface area contributed by atoms with E-state index in [9.17, 15) is 0 Å². The third-order valence-electron chi connectivity index (χ3n) is 3.09.